The Morgan fingerprint density at radius 3 is 2.59 bits per heavy atom. The van der Waals surface area contributed by atoms with Gasteiger partial charge in [0.05, 0.1) is 12.7 Å². The zero-order chi connectivity index (χ0) is 19.4. The van der Waals surface area contributed by atoms with Gasteiger partial charge in [0.1, 0.15) is 0 Å². The van der Waals surface area contributed by atoms with E-state index in [1.54, 1.807) is 24.3 Å². The zero-order valence-electron chi connectivity index (χ0n) is 15.9. The van der Waals surface area contributed by atoms with Crippen molar-refractivity contribution in [2.75, 3.05) is 37.0 Å². The fourth-order valence-corrected chi connectivity index (χ4v) is 3.38. The number of hydrogen-bond donors (Lipinski definition) is 1. The second-order valence-corrected chi connectivity index (χ2v) is 6.83. The van der Waals surface area contributed by atoms with E-state index in [0.29, 0.717) is 24.3 Å². The van der Waals surface area contributed by atoms with E-state index in [0.717, 1.165) is 6.54 Å². The van der Waals surface area contributed by atoms with Gasteiger partial charge in [-0.25, -0.2) is 9.59 Å². The molecule has 3 rings (SSSR count). The number of ether oxygens (including phenoxy) is 1. The highest BCUT2D eigenvalue weighted by Gasteiger charge is 2.27. The maximum Gasteiger partial charge on any atom is 0.337 e. The third-order valence-electron chi connectivity index (χ3n) is 4.78. The molecule has 1 heterocycles. The van der Waals surface area contributed by atoms with Gasteiger partial charge >= 0.3 is 12.0 Å². The van der Waals surface area contributed by atoms with Crippen molar-refractivity contribution in [3.8, 4) is 0 Å². The van der Waals surface area contributed by atoms with Crippen molar-refractivity contribution in [2.24, 2.45) is 0 Å². The van der Waals surface area contributed by atoms with Crippen LogP contribution in [0.25, 0.3) is 0 Å². The number of esters is 1. The zero-order valence-corrected chi connectivity index (χ0v) is 15.9. The number of nitrogens with one attached hydrogen (secondary N) is 1. The largest absolute Gasteiger partial charge is 0.465 e. The third kappa shape index (κ3) is 4.39. The summed E-state index contributed by atoms with van der Waals surface area (Å²) in [6.07, 6.45) is 0. The number of carbonyl (C=O) groups is 2. The molecule has 1 aliphatic heterocycles. The average Bonchev–Trinajstić information content (AvgIpc) is 2.67. The van der Waals surface area contributed by atoms with Crippen LogP contribution in [0.2, 0.25) is 0 Å². The van der Waals surface area contributed by atoms with Crippen molar-refractivity contribution in [1.29, 1.82) is 0 Å². The van der Waals surface area contributed by atoms with Gasteiger partial charge < -0.3 is 19.9 Å². The van der Waals surface area contributed by atoms with Gasteiger partial charge in [0, 0.05) is 37.1 Å². The molecule has 0 aliphatic carbocycles. The van der Waals surface area contributed by atoms with Gasteiger partial charge in [-0.15, -0.1) is 0 Å². The smallest absolute Gasteiger partial charge is 0.337 e. The molecule has 6 heteroatoms. The van der Waals surface area contributed by atoms with Gasteiger partial charge in [-0.1, -0.05) is 18.2 Å². The summed E-state index contributed by atoms with van der Waals surface area (Å²) in [6.45, 7) is 6.26. The predicted molar refractivity (Wildman–Crippen MR) is 106 cm³/mol. The molecule has 0 saturated carbocycles. The van der Waals surface area contributed by atoms with Gasteiger partial charge in [0.2, 0.25) is 0 Å². The Kier molecular flexibility index (Phi) is 5.64. The lowest BCUT2D eigenvalue weighted by Crippen LogP contribution is -2.54. The SMILES string of the molecule is COC(=O)c1cccc(NC(=O)N2CCN(c3cccc(C)c3)C(C)C2)c1. The minimum Gasteiger partial charge on any atom is -0.465 e. The molecule has 1 unspecified atom stereocenters. The maximum absolute atomic E-state index is 12.6. The van der Waals surface area contributed by atoms with E-state index in [1.807, 2.05) is 4.90 Å². The number of benzene rings is 2. The lowest BCUT2D eigenvalue weighted by Gasteiger charge is -2.41. The van der Waals surface area contributed by atoms with Crippen LogP contribution in [0.5, 0.6) is 0 Å². The molecule has 2 aromatic carbocycles. The molecule has 1 atom stereocenters. The second kappa shape index (κ2) is 8.12. The first-order valence-electron chi connectivity index (χ1n) is 9.05. The van der Waals surface area contributed by atoms with Crippen LogP contribution in [0, 0.1) is 6.92 Å². The molecule has 0 spiro atoms. The molecule has 1 aliphatic rings. The lowest BCUT2D eigenvalue weighted by molar-refractivity contribution is 0.0600. The lowest BCUT2D eigenvalue weighted by atomic mass is 10.1. The first kappa shape index (κ1) is 18.8. The van der Waals surface area contributed by atoms with Crippen LogP contribution in [-0.4, -0.2) is 49.7 Å². The van der Waals surface area contributed by atoms with Crippen molar-refractivity contribution in [3.05, 3.63) is 59.7 Å². The molecule has 0 radical (unpaired) electrons. The van der Waals surface area contributed by atoms with E-state index < -0.39 is 5.97 Å². The minimum absolute atomic E-state index is 0.159. The summed E-state index contributed by atoms with van der Waals surface area (Å²) in [7, 11) is 1.34. The Morgan fingerprint density at radius 2 is 1.89 bits per heavy atom. The number of amides is 2. The molecule has 0 aromatic heterocycles. The van der Waals surface area contributed by atoms with Crippen LogP contribution in [0.15, 0.2) is 48.5 Å². The molecule has 1 N–H and O–H groups in total. The van der Waals surface area contributed by atoms with E-state index in [2.05, 4.69) is 48.3 Å². The Bertz CT molecular complexity index is 837. The van der Waals surface area contributed by atoms with E-state index in [4.69, 9.17) is 4.74 Å². The Hall–Kier alpha value is -3.02. The molecule has 142 valence electrons. The average molecular weight is 367 g/mol. The molecule has 1 saturated heterocycles. The van der Waals surface area contributed by atoms with Crippen LogP contribution in [-0.2, 0) is 4.74 Å². The van der Waals surface area contributed by atoms with E-state index >= 15 is 0 Å². The molecule has 2 aromatic rings. The number of nitrogens with zero attached hydrogens (tertiary/aromatic N) is 2. The normalized spacial score (nSPS) is 16.8. The van der Waals surface area contributed by atoms with Crippen LogP contribution in [0.1, 0.15) is 22.8 Å². The van der Waals surface area contributed by atoms with Crippen molar-refractivity contribution < 1.29 is 14.3 Å². The highest BCUT2D eigenvalue weighted by Crippen LogP contribution is 2.22. The molecule has 6 nitrogen and oxygen atoms in total. The summed E-state index contributed by atoms with van der Waals surface area (Å²) >= 11 is 0. The molecule has 1 fully saturated rings. The summed E-state index contributed by atoms with van der Waals surface area (Å²) < 4.78 is 4.72. The third-order valence-corrected chi connectivity index (χ3v) is 4.78. The number of methoxy groups -OCH3 is 1. The van der Waals surface area contributed by atoms with Gasteiger partial charge in [-0.2, -0.15) is 0 Å². The fourth-order valence-electron chi connectivity index (χ4n) is 3.38. The summed E-state index contributed by atoms with van der Waals surface area (Å²) in [6, 6.07) is 15.2. The topological polar surface area (TPSA) is 61.9 Å². The van der Waals surface area contributed by atoms with Crippen molar-refractivity contribution >= 4 is 23.4 Å². The molecular weight excluding hydrogens is 342 g/mol. The first-order valence-corrected chi connectivity index (χ1v) is 9.05. The molecule has 27 heavy (non-hydrogen) atoms. The van der Waals surface area contributed by atoms with Crippen molar-refractivity contribution in [3.63, 3.8) is 0 Å². The van der Waals surface area contributed by atoms with Crippen LogP contribution < -0.4 is 10.2 Å². The van der Waals surface area contributed by atoms with Gasteiger partial charge in [0.25, 0.3) is 0 Å². The number of piperazine rings is 1. The van der Waals surface area contributed by atoms with Crippen LogP contribution in [0.3, 0.4) is 0 Å². The Balaban J connectivity index is 1.63. The standard InChI is InChI=1S/C21H25N3O3/c1-15-6-4-9-19(12-15)24-11-10-23(14-16(24)2)21(26)22-18-8-5-7-17(13-18)20(25)27-3/h4-9,12-13,16H,10-11,14H2,1-3H3,(H,22,26). The summed E-state index contributed by atoms with van der Waals surface area (Å²) in [5.41, 5.74) is 3.41. The van der Waals surface area contributed by atoms with Gasteiger partial charge in [-0.3, -0.25) is 0 Å². The highest BCUT2D eigenvalue weighted by atomic mass is 16.5. The first-order chi connectivity index (χ1) is 13.0. The van der Waals surface area contributed by atoms with Crippen LogP contribution in [0.4, 0.5) is 16.2 Å². The second-order valence-electron chi connectivity index (χ2n) is 6.83. The number of aryl methyl sites for hydroxylation is 1. The highest BCUT2D eigenvalue weighted by molar-refractivity contribution is 5.94. The van der Waals surface area contributed by atoms with Crippen molar-refractivity contribution in [2.45, 2.75) is 19.9 Å². The minimum atomic E-state index is -0.425. The summed E-state index contributed by atoms with van der Waals surface area (Å²) in [4.78, 5) is 28.4. The summed E-state index contributed by atoms with van der Waals surface area (Å²) in [5, 5.41) is 2.88. The van der Waals surface area contributed by atoms with E-state index in [-0.39, 0.29) is 12.1 Å². The maximum atomic E-state index is 12.6. The Labute approximate surface area is 159 Å². The van der Waals surface area contributed by atoms with E-state index in [1.165, 1.54) is 18.4 Å². The fraction of sp³-hybridized carbons (Fsp3) is 0.333. The van der Waals surface area contributed by atoms with Crippen molar-refractivity contribution in [1.82, 2.24) is 4.90 Å². The monoisotopic (exact) mass is 367 g/mol. The van der Waals surface area contributed by atoms with Crippen LogP contribution >= 0.6 is 0 Å². The van der Waals surface area contributed by atoms with E-state index in [9.17, 15) is 9.59 Å². The van der Waals surface area contributed by atoms with Gasteiger partial charge in [-0.05, 0) is 49.7 Å². The Morgan fingerprint density at radius 1 is 1.11 bits per heavy atom. The molecular formula is C21H25N3O3. The number of urea groups is 1. The quantitative estimate of drug-likeness (QED) is 0.843. The molecule has 0 bridgehead atoms. The number of rotatable bonds is 3. The number of carbonyl (C=O) groups excluding carboxylic acids is 2. The number of hydrogen-bond acceptors (Lipinski definition) is 4. The molecule has 2 amide bonds. The number of anilines is 2. The van der Waals surface area contributed by atoms with Gasteiger partial charge in [0.15, 0.2) is 0 Å². The summed E-state index contributed by atoms with van der Waals surface area (Å²) in [5.74, 6) is -0.425. The predicted octanol–water partition coefficient (Wildman–Crippen LogP) is 3.52.